The first kappa shape index (κ1) is 23.1. The normalized spacial score (nSPS) is 19.7. The van der Waals surface area contributed by atoms with Crippen molar-refractivity contribution in [2.45, 2.75) is 26.7 Å². The number of rotatable bonds is 6. The Bertz CT molecular complexity index is 898. The predicted octanol–water partition coefficient (Wildman–Crippen LogP) is 2.59. The Morgan fingerprint density at radius 1 is 1.03 bits per heavy atom. The molecule has 0 aliphatic heterocycles. The number of hydrogen-bond donors (Lipinski definition) is 0. The minimum Gasteiger partial charge on any atom is -0.497 e. The minimum absolute atomic E-state index is 0.0431. The third-order valence-electron chi connectivity index (χ3n) is 5.53. The highest BCUT2D eigenvalue weighted by Gasteiger charge is 2.48. The van der Waals surface area contributed by atoms with Crippen LogP contribution in [-0.2, 0) is 28.6 Å². The lowest BCUT2D eigenvalue weighted by molar-refractivity contribution is -0.167. The second-order valence-corrected chi connectivity index (χ2v) is 7.49. The van der Waals surface area contributed by atoms with E-state index in [0.717, 1.165) is 0 Å². The molecular weight excluding hydrogens is 392 g/mol. The van der Waals surface area contributed by atoms with Crippen LogP contribution < -0.4 is 4.74 Å². The number of methoxy groups -OCH3 is 4. The Balaban J connectivity index is 2.62. The van der Waals surface area contributed by atoms with Crippen LogP contribution in [0, 0.1) is 10.8 Å². The van der Waals surface area contributed by atoms with Crippen molar-refractivity contribution in [2.24, 2.45) is 10.8 Å². The maximum Gasteiger partial charge on any atom is 0.323 e. The number of allylic oxidation sites excluding steroid dienone is 2. The number of ketones is 1. The van der Waals surface area contributed by atoms with Crippen molar-refractivity contribution in [3.05, 3.63) is 35.4 Å². The van der Waals surface area contributed by atoms with Gasteiger partial charge in [-0.2, -0.15) is 0 Å². The van der Waals surface area contributed by atoms with Gasteiger partial charge in [-0.3, -0.25) is 19.2 Å². The van der Waals surface area contributed by atoms with E-state index in [1.165, 1.54) is 42.3 Å². The van der Waals surface area contributed by atoms with E-state index in [9.17, 15) is 19.2 Å². The number of hydrogen-bond acceptors (Lipinski definition) is 8. The molecule has 0 fully saturated rings. The third-order valence-corrected chi connectivity index (χ3v) is 5.53. The van der Waals surface area contributed by atoms with E-state index in [1.807, 2.05) is 0 Å². The summed E-state index contributed by atoms with van der Waals surface area (Å²) in [6, 6.07) is 4.97. The molecule has 1 atom stereocenters. The van der Waals surface area contributed by atoms with E-state index in [1.54, 1.807) is 24.3 Å². The van der Waals surface area contributed by atoms with E-state index in [2.05, 4.69) is 0 Å². The van der Waals surface area contributed by atoms with Crippen molar-refractivity contribution in [1.82, 2.24) is 0 Å². The van der Waals surface area contributed by atoms with Crippen LogP contribution in [0.15, 0.2) is 24.3 Å². The lowest BCUT2D eigenvalue weighted by atomic mass is 9.69. The highest BCUT2D eigenvalue weighted by molar-refractivity contribution is 6.17. The van der Waals surface area contributed by atoms with Crippen LogP contribution >= 0.6 is 0 Å². The van der Waals surface area contributed by atoms with Crippen LogP contribution in [-0.4, -0.2) is 52.1 Å². The van der Waals surface area contributed by atoms with Crippen LogP contribution in [0.2, 0.25) is 0 Å². The minimum atomic E-state index is -1.58. The monoisotopic (exact) mass is 418 g/mol. The summed E-state index contributed by atoms with van der Waals surface area (Å²) in [7, 11) is 5.07. The van der Waals surface area contributed by atoms with Gasteiger partial charge in [-0.15, -0.1) is 0 Å². The molecule has 1 aliphatic rings. The molecule has 1 unspecified atom stereocenters. The highest BCUT2D eigenvalue weighted by atomic mass is 16.5. The first-order chi connectivity index (χ1) is 14.1. The summed E-state index contributed by atoms with van der Waals surface area (Å²) in [5.41, 5.74) is -1.50. The smallest absolute Gasteiger partial charge is 0.323 e. The fraction of sp³-hybridized carbons (Fsp3) is 0.455. The number of Topliss-reactive ketones (excluding diaryl/α,β-unsaturated/α-hetero) is 1. The molecule has 8 heteroatoms. The number of ether oxygens (including phenoxy) is 4. The molecule has 30 heavy (non-hydrogen) atoms. The average Bonchev–Trinajstić information content (AvgIpc) is 2.77. The third kappa shape index (κ3) is 3.81. The molecule has 0 bridgehead atoms. The maximum absolute atomic E-state index is 13.1. The summed E-state index contributed by atoms with van der Waals surface area (Å²) in [6.07, 6.45) is 1.67. The van der Waals surface area contributed by atoms with Crippen molar-refractivity contribution in [3.63, 3.8) is 0 Å². The summed E-state index contributed by atoms with van der Waals surface area (Å²) in [4.78, 5) is 50.1. The Hall–Kier alpha value is -3.16. The van der Waals surface area contributed by atoms with Gasteiger partial charge in [0.25, 0.3) is 0 Å². The molecular formula is C22H26O8. The number of carbonyl (C=O) groups excluding carboxylic acids is 4. The summed E-state index contributed by atoms with van der Waals surface area (Å²) in [5, 5.41) is 0. The summed E-state index contributed by atoms with van der Waals surface area (Å²) < 4.78 is 19.6. The molecule has 2 rings (SSSR count). The first-order valence-corrected chi connectivity index (χ1v) is 9.26. The largest absolute Gasteiger partial charge is 0.497 e. The zero-order chi connectivity index (χ0) is 22.7. The van der Waals surface area contributed by atoms with Crippen molar-refractivity contribution in [2.75, 3.05) is 28.4 Å². The summed E-state index contributed by atoms with van der Waals surface area (Å²) in [5.74, 6) is -2.09. The average molecular weight is 418 g/mol. The fourth-order valence-electron chi connectivity index (χ4n) is 3.57. The Morgan fingerprint density at radius 2 is 1.63 bits per heavy atom. The van der Waals surface area contributed by atoms with Crippen LogP contribution in [0.4, 0.5) is 0 Å². The predicted molar refractivity (Wildman–Crippen MR) is 107 cm³/mol. The molecule has 1 aromatic carbocycles. The topological polar surface area (TPSA) is 105 Å². The Morgan fingerprint density at radius 3 is 2.13 bits per heavy atom. The molecule has 0 radical (unpaired) electrons. The van der Waals surface area contributed by atoms with Crippen LogP contribution in [0.1, 0.15) is 42.6 Å². The Labute approximate surface area is 175 Å². The van der Waals surface area contributed by atoms with Gasteiger partial charge < -0.3 is 18.9 Å². The summed E-state index contributed by atoms with van der Waals surface area (Å²) >= 11 is 0. The molecule has 0 saturated carbocycles. The van der Waals surface area contributed by atoms with Crippen molar-refractivity contribution in [1.29, 1.82) is 0 Å². The van der Waals surface area contributed by atoms with Crippen LogP contribution in [0.3, 0.4) is 0 Å². The molecule has 1 aromatic rings. The highest BCUT2D eigenvalue weighted by Crippen LogP contribution is 2.44. The van der Waals surface area contributed by atoms with E-state index < -0.39 is 28.7 Å². The lowest BCUT2D eigenvalue weighted by Crippen LogP contribution is -2.41. The molecule has 0 heterocycles. The number of carbonyl (C=O) groups is 4. The van der Waals surface area contributed by atoms with Gasteiger partial charge in [0.15, 0.2) is 11.2 Å². The van der Waals surface area contributed by atoms with Crippen LogP contribution in [0.25, 0.3) is 5.57 Å². The molecule has 8 nitrogen and oxygen atoms in total. The molecule has 0 aromatic heterocycles. The van der Waals surface area contributed by atoms with E-state index in [0.29, 0.717) is 22.4 Å². The molecule has 162 valence electrons. The maximum atomic E-state index is 13.1. The van der Waals surface area contributed by atoms with Crippen molar-refractivity contribution < 1.29 is 38.1 Å². The molecule has 0 saturated heterocycles. The second-order valence-electron chi connectivity index (χ2n) is 7.49. The zero-order valence-electron chi connectivity index (χ0n) is 18.0. The van der Waals surface area contributed by atoms with E-state index in [-0.39, 0.29) is 18.6 Å². The number of benzene rings is 1. The second kappa shape index (κ2) is 8.69. The van der Waals surface area contributed by atoms with Gasteiger partial charge in [0, 0.05) is 5.56 Å². The van der Waals surface area contributed by atoms with Gasteiger partial charge in [0.05, 0.1) is 28.4 Å². The first-order valence-electron chi connectivity index (χ1n) is 9.26. The van der Waals surface area contributed by atoms with Gasteiger partial charge >= 0.3 is 17.9 Å². The number of fused-ring (bicyclic) bond motifs is 1. The van der Waals surface area contributed by atoms with Crippen molar-refractivity contribution in [3.8, 4) is 5.75 Å². The fourth-order valence-corrected chi connectivity index (χ4v) is 3.57. The standard InChI is InChI=1S/C22H26O8/c1-21(18(24)28-4,19(25)29-5)10-9-13-12-22(2,20(26)30-6)17(23)16-11-14(27-3)7-8-15(13)16/h7-9,11H,10,12H2,1-6H3/b13-9+. The van der Waals surface area contributed by atoms with Crippen LogP contribution in [0.5, 0.6) is 5.75 Å². The van der Waals surface area contributed by atoms with Gasteiger partial charge in [-0.25, -0.2) is 0 Å². The molecule has 0 N–H and O–H groups in total. The quantitative estimate of drug-likeness (QED) is 0.394. The Kier molecular flexibility index (Phi) is 6.70. The molecule has 0 amide bonds. The van der Waals surface area contributed by atoms with Gasteiger partial charge in [-0.1, -0.05) is 12.1 Å². The van der Waals surface area contributed by atoms with Gasteiger partial charge in [0.2, 0.25) is 0 Å². The SMILES string of the molecule is COC(=O)C(C)(C/C=C1\CC(C)(C(=O)OC)C(=O)c2cc(OC)ccc21)C(=O)OC. The van der Waals surface area contributed by atoms with E-state index in [4.69, 9.17) is 18.9 Å². The van der Waals surface area contributed by atoms with Gasteiger partial charge in [0.1, 0.15) is 11.2 Å². The number of esters is 3. The van der Waals surface area contributed by atoms with Crippen molar-refractivity contribution >= 4 is 29.3 Å². The molecule has 0 spiro atoms. The molecule has 1 aliphatic carbocycles. The zero-order valence-corrected chi connectivity index (χ0v) is 18.0. The lowest BCUT2D eigenvalue weighted by Gasteiger charge is -2.33. The van der Waals surface area contributed by atoms with E-state index >= 15 is 0 Å². The summed E-state index contributed by atoms with van der Waals surface area (Å²) in [6.45, 7) is 2.93. The van der Waals surface area contributed by atoms with Gasteiger partial charge in [-0.05, 0) is 50.0 Å².